The van der Waals surface area contributed by atoms with Crippen molar-refractivity contribution < 1.29 is 14.3 Å². The molecular formula is C21H25N3O3. The molecule has 142 valence electrons. The minimum atomic E-state index is 0.0197. The highest BCUT2D eigenvalue weighted by molar-refractivity contribution is 5.80. The van der Waals surface area contributed by atoms with E-state index in [9.17, 15) is 4.79 Å². The maximum atomic E-state index is 12.1. The van der Waals surface area contributed by atoms with Crippen LogP contribution in [0.1, 0.15) is 17.5 Å². The Morgan fingerprint density at radius 2 is 1.93 bits per heavy atom. The second-order valence-corrected chi connectivity index (χ2v) is 6.47. The van der Waals surface area contributed by atoms with Crippen LogP contribution in [0.3, 0.4) is 0 Å². The number of rotatable bonds is 8. The molecule has 27 heavy (non-hydrogen) atoms. The van der Waals surface area contributed by atoms with E-state index in [4.69, 9.17) is 9.47 Å². The van der Waals surface area contributed by atoms with Crippen LogP contribution in [0.2, 0.25) is 0 Å². The molecule has 3 aromatic rings. The Morgan fingerprint density at radius 3 is 2.70 bits per heavy atom. The maximum absolute atomic E-state index is 12.1. The number of aryl methyl sites for hydroxylation is 2. The molecule has 1 amide bonds. The van der Waals surface area contributed by atoms with Gasteiger partial charge < -0.3 is 14.8 Å². The van der Waals surface area contributed by atoms with Crippen molar-refractivity contribution in [2.75, 3.05) is 20.8 Å². The van der Waals surface area contributed by atoms with Gasteiger partial charge in [-0.3, -0.25) is 9.48 Å². The number of fused-ring (bicyclic) bond motifs is 1. The van der Waals surface area contributed by atoms with E-state index in [-0.39, 0.29) is 5.91 Å². The van der Waals surface area contributed by atoms with Gasteiger partial charge in [0.1, 0.15) is 0 Å². The van der Waals surface area contributed by atoms with Crippen LogP contribution in [-0.4, -0.2) is 36.5 Å². The van der Waals surface area contributed by atoms with Crippen LogP contribution in [-0.2, 0) is 17.8 Å². The summed E-state index contributed by atoms with van der Waals surface area (Å²) in [6.07, 6.45) is 2.98. The molecule has 2 aromatic carbocycles. The summed E-state index contributed by atoms with van der Waals surface area (Å²) in [6, 6.07) is 12.0. The molecule has 3 rings (SSSR count). The summed E-state index contributed by atoms with van der Waals surface area (Å²) in [7, 11) is 3.23. The molecule has 0 atom stereocenters. The van der Waals surface area contributed by atoms with Crippen LogP contribution in [0.25, 0.3) is 10.9 Å². The Labute approximate surface area is 159 Å². The standard InChI is InChI=1S/C21H25N3O3/c1-15-4-6-18-17(12-15)14-23-24(18)11-9-21(25)22-10-8-16-5-7-19(26-2)20(13-16)27-3/h4-7,12-14H,8-11H2,1-3H3,(H,22,25). The van der Waals surface area contributed by atoms with Crippen LogP contribution in [0.5, 0.6) is 11.5 Å². The Morgan fingerprint density at radius 1 is 1.11 bits per heavy atom. The average Bonchev–Trinajstić information content (AvgIpc) is 3.08. The van der Waals surface area contributed by atoms with Crippen LogP contribution >= 0.6 is 0 Å². The molecule has 0 bridgehead atoms. The van der Waals surface area contributed by atoms with E-state index in [1.54, 1.807) is 14.2 Å². The molecule has 0 unspecified atom stereocenters. The van der Waals surface area contributed by atoms with Gasteiger partial charge in [0, 0.05) is 18.4 Å². The highest BCUT2D eigenvalue weighted by Gasteiger charge is 2.07. The van der Waals surface area contributed by atoms with Gasteiger partial charge in [-0.1, -0.05) is 17.7 Å². The fraction of sp³-hybridized carbons (Fsp3) is 0.333. The lowest BCUT2D eigenvalue weighted by molar-refractivity contribution is -0.121. The quantitative estimate of drug-likeness (QED) is 0.664. The number of benzene rings is 2. The number of carbonyl (C=O) groups excluding carboxylic acids is 1. The molecular weight excluding hydrogens is 342 g/mol. The van der Waals surface area contributed by atoms with Crippen molar-refractivity contribution in [3.05, 3.63) is 53.7 Å². The lowest BCUT2D eigenvalue weighted by Gasteiger charge is -2.10. The van der Waals surface area contributed by atoms with Crippen molar-refractivity contribution in [2.45, 2.75) is 26.3 Å². The number of amides is 1. The lowest BCUT2D eigenvalue weighted by atomic mass is 10.1. The first kappa shape index (κ1) is 18.8. The minimum Gasteiger partial charge on any atom is -0.493 e. The molecule has 0 aliphatic carbocycles. The molecule has 0 fully saturated rings. The van der Waals surface area contributed by atoms with Crippen molar-refractivity contribution in [1.29, 1.82) is 0 Å². The second-order valence-electron chi connectivity index (χ2n) is 6.47. The minimum absolute atomic E-state index is 0.0197. The van der Waals surface area contributed by atoms with Gasteiger partial charge in [-0.05, 0) is 43.2 Å². The molecule has 1 N–H and O–H groups in total. The number of nitrogens with zero attached hydrogens (tertiary/aromatic N) is 2. The Kier molecular flexibility index (Phi) is 5.96. The van der Waals surface area contributed by atoms with Crippen LogP contribution in [0, 0.1) is 6.92 Å². The number of methoxy groups -OCH3 is 2. The van der Waals surface area contributed by atoms with Crippen molar-refractivity contribution in [2.24, 2.45) is 0 Å². The number of hydrogen-bond acceptors (Lipinski definition) is 4. The summed E-state index contributed by atoms with van der Waals surface area (Å²) in [5, 5.41) is 8.45. The molecule has 1 heterocycles. The summed E-state index contributed by atoms with van der Waals surface area (Å²) in [4.78, 5) is 12.1. The van der Waals surface area contributed by atoms with Gasteiger partial charge >= 0.3 is 0 Å². The third-order valence-corrected chi connectivity index (χ3v) is 4.53. The molecule has 0 saturated carbocycles. The van der Waals surface area contributed by atoms with E-state index in [2.05, 4.69) is 29.5 Å². The largest absolute Gasteiger partial charge is 0.493 e. The first-order valence-electron chi connectivity index (χ1n) is 9.00. The van der Waals surface area contributed by atoms with E-state index in [1.165, 1.54) is 5.56 Å². The Hall–Kier alpha value is -3.02. The van der Waals surface area contributed by atoms with Gasteiger partial charge in [-0.2, -0.15) is 5.10 Å². The summed E-state index contributed by atoms with van der Waals surface area (Å²) >= 11 is 0. The van der Waals surface area contributed by atoms with Crippen molar-refractivity contribution >= 4 is 16.8 Å². The predicted octanol–water partition coefficient (Wildman–Crippen LogP) is 3.11. The first-order chi connectivity index (χ1) is 13.1. The zero-order valence-corrected chi connectivity index (χ0v) is 16.0. The average molecular weight is 367 g/mol. The molecule has 0 spiro atoms. The fourth-order valence-electron chi connectivity index (χ4n) is 3.06. The SMILES string of the molecule is COc1ccc(CCNC(=O)CCn2ncc3cc(C)ccc32)cc1OC. The van der Waals surface area contributed by atoms with Crippen molar-refractivity contribution in [1.82, 2.24) is 15.1 Å². The van der Waals surface area contributed by atoms with Gasteiger partial charge in [-0.15, -0.1) is 0 Å². The zero-order chi connectivity index (χ0) is 19.2. The van der Waals surface area contributed by atoms with Gasteiger partial charge in [0.2, 0.25) is 5.91 Å². The van der Waals surface area contributed by atoms with E-state index < -0.39 is 0 Å². The third kappa shape index (κ3) is 4.58. The third-order valence-electron chi connectivity index (χ3n) is 4.53. The van der Waals surface area contributed by atoms with E-state index >= 15 is 0 Å². The smallest absolute Gasteiger partial charge is 0.221 e. The predicted molar refractivity (Wildman–Crippen MR) is 105 cm³/mol. The van der Waals surface area contributed by atoms with Gasteiger partial charge in [0.25, 0.3) is 0 Å². The molecule has 0 aliphatic heterocycles. The normalized spacial score (nSPS) is 10.8. The molecule has 0 aliphatic rings. The number of aromatic nitrogens is 2. The fourth-order valence-corrected chi connectivity index (χ4v) is 3.06. The van der Waals surface area contributed by atoms with Crippen molar-refractivity contribution in [3.8, 4) is 11.5 Å². The Bertz CT molecular complexity index is 934. The summed E-state index contributed by atoms with van der Waals surface area (Å²) < 4.78 is 12.4. The molecule has 6 nitrogen and oxygen atoms in total. The van der Waals surface area contributed by atoms with Crippen LogP contribution in [0.4, 0.5) is 0 Å². The lowest BCUT2D eigenvalue weighted by Crippen LogP contribution is -2.26. The number of hydrogen-bond donors (Lipinski definition) is 1. The molecule has 1 aromatic heterocycles. The summed E-state index contributed by atoms with van der Waals surface area (Å²) in [5.41, 5.74) is 3.34. The highest BCUT2D eigenvalue weighted by Crippen LogP contribution is 2.27. The van der Waals surface area contributed by atoms with Crippen LogP contribution in [0.15, 0.2) is 42.6 Å². The number of carbonyl (C=O) groups is 1. The van der Waals surface area contributed by atoms with Gasteiger partial charge in [-0.25, -0.2) is 0 Å². The zero-order valence-electron chi connectivity index (χ0n) is 16.0. The van der Waals surface area contributed by atoms with E-state index in [0.717, 1.165) is 22.9 Å². The van der Waals surface area contributed by atoms with E-state index in [0.29, 0.717) is 31.0 Å². The topological polar surface area (TPSA) is 65.4 Å². The molecule has 0 radical (unpaired) electrons. The monoisotopic (exact) mass is 367 g/mol. The number of ether oxygens (including phenoxy) is 2. The number of nitrogens with one attached hydrogen (secondary N) is 1. The van der Waals surface area contributed by atoms with Gasteiger partial charge in [0.05, 0.1) is 32.5 Å². The summed E-state index contributed by atoms with van der Waals surface area (Å²) in [6.45, 7) is 3.20. The van der Waals surface area contributed by atoms with Crippen molar-refractivity contribution in [3.63, 3.8) is 0 Å². The first-order valence-corrected chi connectivity index (χ1v) is 9.00. The van der Waals surface area contributed by atoms with Crippen LogP contribution < -0.4 is 14.8 Å². The Balaban J connectivity index is 1.48. The van der Waals surface area contributed by atoms with Gasteiger partial charge in [0.15, 0.2) is 11.5 Å². The second kappa shape index (κ2) is 8.58. The molecule has 6 heteroatoms. The molecule has 0 saturated heterocycles. The van der Waals surface area contributed by atoms with E-state index in [1.807, 2.05) is 35.1 Å². The maximum Gasteiger partial charge on any atom is 0.221 e. The summed E-state index contributed by atoms with van der Waals surface area (Å²) in [5.74, 6) is 1.42. The highest BCUT2D eigenvalue weighted by atomic mass is 16.5.